The molecule has 25 heavy (non-hydrogen) atoms. The van der Waals surface area contributed by atoms with E-state index < -0.39 is 0 Å². The molecule has 1 aliphatic carbocycles. The molecule has 0 bridgehead atoms. The molecule has 1 saturated heterocycles. The fraction of sp³-hybridized carbons (Fsp3) is 0.600. The van der Waals surface area contributed by atoms with Gasteiger partial charge in [0.15, 0.2) is 5.58 Å². The molecule has 134 valence electrons. The van der Waals surface area contributed by atoms with E-state index in [2.05, 4.69) is 22.1 Å². The lowest BCUT2D eigenvalue weighted by Gasteiger charge is -2.34. The molecule has 1 aliphatic heterocycles. The Hall–Kier alpha value is -2.04. The number of rotatable bonds is 3. The van der Waals surface area contributed by atoms with Crippen LogP contribution in [0.3, 0.4) is 0 Å². The van der Waals surface area contributed by atoms with E-state index in [0.717, 1.165) is 43.5 Å². The fourth-order valence-corrected chi connectivity index (χ4v) is 4.16. The molecule has 1 N–H and O–H groups in total. The SMILES string of the molecule is C[C@@H]1CCCC[C@@H]1NC(=O)C1CCN(c2nc3ccccc3o2)CC1. The smallest absolute Gasteiger partial charge is 0.298 e. The van der Waals surface area contributed by atoms with E-state index >= 15 is 0 Å². The first-order valence-corrected chi connectivity index (χ1v) is 9.61. The van der Waals surface area contributed by atoms with Crippen LogP contribution in [0, 0.1) is 11.8 Å². The zero-order chi connectivity index (χ0) is 17.2. The second kappa shape index (κ2) is 7.06. The number of nitrogens with one attached hydrogen (secondary N) is 1. The summed E-state index contributed by atoms with van der Waals surface area (Å²) in [6.07, 6.45) is 6.65. The molecule has 0 spiro atoms. The summed E-state index contributed by atoms with van der Waals surface area (Å²) in [5.74, 6) is 0.975. The molecular weight excluding hydrogens is 314 g/mol. The molecular formula is C20H27N3O2. The minimum Gasteiger partial charge on any atom is -0.423 e. The van der Waals surface area contributed by atoms with Crippen molar-refractivity contribution < 1.29 is 9.21 Å². The number of anilines is 1. The summed E-state index contributed by atoms with van der Waals surface area (Å²) in [6, 6.07) is 8.89. The topological polar surface area (TPSA) is 58.4 Å². The van der Waals surface area contributed by atoms with Crippen molar-refractivity contribution in [2.45, 2.75) is 51.5 Å². The summed E-state index contributed by atoms with van der Waals surface area (Å²) in [6.45, 7) is 3.91. The van der Waals surface area contributed by atoms with Crippen molar-refractivity contribution in [3.05, 3.63) is 24.3 Å². The highest BCUT2D eigenvalue weighted by atomic mass is 16.4. The molecule has 1 saturated carbocycles. The lowest BCUT2D eigenvalue weighted by molar-refractivity contribution is -0.126. The third-order valence-corrected chi connectivity index (χ3v) is 5.86. The van der Waals surface area contributed by atoms with Crippen LogP contribution in [0.4, 0.5) is 6.01 Å². The molecule has 0 radical (unpaired) electrons. The monoisotopic (exact) mass is 341 g/mol. The molecule has 1 amide bonds. The van der Waals surface area contributed by atoms with E-state index in [4.69, 9.17) is 4.42 Å². The standard InChI is InChI=1S/C20H27N3O2/c1-14-6-2-3-7-16(14)21-19(24)15-10-12-23(13-11-15)20-22-17-8-4-5-9-18(17)25-20/h4-5,8-9,14-16H,2-3,6-7,10-13H2,1H3,(H,21,24)/t14-,16+/m1/s1. The molecule has 2 atom stereocenters. The molecule has 4 rings (SSSR count). The Balaban J connectivity index is 1.33. The summed E-state index contributed by atoms with van der Waals surface area (Å²) in [4.78, 5) is 19.4. The van der Waals surface area contributed by atoms with Gasteiger partial charge in [0.25, 0.3) is 6.01 Å². The Bertz CT molecular complexity index is 700. The van der Waals surface area contributed by atoms with Gasteiger partial charge in [-0.15, -0.1) is 0 Å². The first-order valence-electron chi connectivity index (χ1n) is 9.61. The molecule has 2 aromatic rings. The van der Waals surface area contributed by atoms with Gasteiger partial charge >= 0.3 is 0 Å². The molecule has 2 fully saturated rings. The molecule has 2 heterocycles. The number of amides is 1. The number of aromatic nitrogens is 1. The van der Waals surface area contributed by atoms with Gasteiger partial charge in [-0.2, -0.15) is 4.98 Å². The first kappa shape index (κ1) is 16.4. The summed E-state index contributed by atoms with van der Waals surface area (Å²) in [5.41, 5.74) is 1.72. The predicted molar refractivity (Wildman–Crippen MR) is 98.5 cm³/mol. The van der Waals surface area contributed by atoms with Crippen molar-refractivity contribution in [2.24, 2.45) is 11.8 Å². The quantitative estimate of drug-likeness (QED) is 0.924. The van der Waals surface area contributed by atoms with Crippen LogP contribution in [-0.4, -0.2) is 30.0 Å². The lowest BCUT2D eigenvalue weighted by atomic mass is 9.85. The Labute approximate surface area is 148 Å². The maximum atomic E-state index is 12.6. The van der Waals surface area contributed by atoms with E-state index in [1.165, 1.54) is 19.3 Å². The van der Waals surface area contributed by atoms with Gasteiger partial charge in [-0.05, 0) is 43.7 Å². The van der Waals surface area contributed by atoms with Crippen molar-refractivity contribution in [3.63, 3.8) is 0 Å². The highest BCUT2D eigenvalue weighted by molar-refractivity contribution is 5.79. The second-order valence-electron chi connectivity index (χ2n) is 7.60. The molecule has 5 nitrogen and oxygen atoms in total. The lowest BCUT2D eigenvalue weighted by Crippen LogP contribution is -2.46. The van der Waals surface area contributed by atoms with Gasteiger partial charge < -0.3 is 14.6 Å². The van der Waals surface area contributed by atoms with Gasteiger partial charge in [-0.1, -0.05) is 31.9 Å². The minimum atomic E-state index is 0.120. The summed E-state index contributed by atoms with van der Waals surface area (Å²) >= 11 is 0. The van der Waals surface area contributed by atoms with Crippen molar-refractivity contribution in [1.82, 2.24) is 10.3 Å². The number of benzene rings is 1. The van der Waals surface area contributed by atoms with Crippen molar-refractivity contribution in [1.29, 1.82) is 0 Å². The second-order valence-corrected chi connectivity index (χ2v) is 7.60. The zero-order valence-corrected chi connectivity index (χ0v) is 14.9. The average molecular weight is 341 g/mol. The zero-order valence-electron chi connectivity index (χ0n) is 14.9. The van der Waals surface area contributed by atoms with Gasteiger partial charge in [-0.3, -0.25) is 4.79 Å². The number of hydrogen-bond donors (Lipinski definition) is 1. The number of piperidine rings is 1. The van der Waals surface area contributed by atoms with Gasteiger partial charge in [0.2, 0.25) is 5.91 Å². The van der Waals surface area contributed by atoms with Gasteiger partial charge in [0.05, 0.1) is 0 Å². The van der Waals surface area contributed by atoms with Gasteiger partial charge in [-0.25, -0.2) is 0 Å². The number of fused-ring (bicyclic) bond motifs is 1. The van der Waals surface area contributed by atoms with E-state index in [9.17, 15) is 4.79 Å². The van der Waals surface area contributed by atoms with Crippen molar-refractivity contribution in [3.8, 4) is 0 Å². The number of nitrogens with zero attached hydrogens (tertiary/aromatic N) is 2. The number of carbonyl (C=O) groups excluding carboxylic acids is 1. The Morgan fingerprint density at radius 3 is 2.68 bits per heavy atom. The number of carbonyl (C=O) groups is 1. The highest BCUT2D eigenvalue weighted by Crippen LogP contribution is 2.28. The van der Waals surface area contributed by atoms with Crippen LogP contribution >= 0.6 is 0 Å². The van der Waals surface area contributed by atoms with Crippen LogP contribution in [0.1, 0.15) is 45.4 Å². The predicted octanol–water partition coefficient (Wildman–Crippen LogP) is 3.74. The van der Waals surface area contributed by atoms with E-state index in [0.29, 0.717) is 18.0 Å². The van der Waals surface area contributed by atoms with Crippen LogP contribution in [0.2, 0.25) is 0 Å². The van der Waals surface area contributed by atoms with E-state index in [1.807, 2.05) is 24.3 Å². The fourth-order valence-electron chi connectivity index (χ4n) is 4.16. The average Bonchev–Trinajstić information content (AvgIpc) is 3.08. The number of para-hydroxylation sites is 2. The van der Waals surface area contributed by atoms with Crippen molar-refractivity contribution >= 4 is 23.0 Å². The molecule has 2 aliphatic rings. The number of hydrogen-bond acceptors (Lipinski definition) is 4. The normalized spacial score (nSPS) is 25.2. The first-order chi connectivity index (χ1) is 12.2. The highest BCUT2D eigenvalue weighted by Gasteiger charge is 2.30. The largest absolute Gasteiger partial charge is 0.423 e. The summed E-state index contributed by atoms with van der Waals surface area (Å²) in [7, 11) is 0. The van der Waals surface area contributed by atoms with E-state index in [1.54, 1.807) is 0 Å². The Morgan fingerprint density at radius 2 is 1.92 bits per heavy atom. The van der Waals surface area contributed by atoms with Crippen LogP contribution in [0.25, 0.3) is 11.1 Å². The minimum absolute atomic E-state index is 0.120. The molecule has 5 heteroatoms. The van der Waals surface area contributed by atoms with Crippen LogP contribution in [0.15, 0.2) is 28.7 Å². The molecule has 1 aromatic carbocycles. The van der Waals surface area contributed by atoms with E-state index in [-0.39, 0.29) is 11.8 Å². The number of oxazole rings is 1. The Morgan fingerprint density at radius 1 is 1.16 bits per heavy atom. The summed E-state index contributed by atoms with van der Waals surface area (Å²) in [5, 5.41) is 3.32. The summed E-state index contributed by atoms with van der Waals surface area (Å²) < 4.78 is 5.85. The van der Waals surface area contributed by atoms with Crippen molar-refractivity contribution in [2.75, 3.05) is 18.0 Å². The van der Waals surface area contributed by atoms with Crippen LogP contribution in [0.5, 0.6) is 0 Å². The van der Waals surface area contributed by atoms with Crippen LogP contribution in [-0.2, 0) is 4.79 Å². The maximum absolute atomic E-state index is 12.6. The third kappa shape index (κ3) is 3.51. The van der Waals surface area contributed by atoms with Gasteiger partial charge in [0.1, 0.15) is 5.52 Å². The Kier molecular flexibility index (Phi) is 4.64. The van der Waals surface area contributed by atoms with Gasteiger partial charge in [0, 0.05) is 25.0 Å². The molecule has 0 unspecified atom stereocenters. The third-order valence-electron chi connectivity index (χ3n) is 5.86. The maximum Gasteiger partial charge on any atom is 0.298 e. The van der Waals surface area contributed by atoms with Crippen LogP contribution < -0.4 is 10.2 Å². The molecule has 1 aromatic heterocycles.